The third-order valence-electron chi connectivity index (χ3n) is 9.81. The highest BCUT2D eigenvalue weighted by Gasteiger charge is 2.38. The molecule has 1 aliphatic carbocycles. The lowest BCUT2D eigenvalue weighted by Gasteiger charge is -2.28. The number of aromatic nitrogens is 5. The highest BCUT2D eigenvalue weighted by Crippen LogP contribution is 2.50. The SMILES string of the molecule is C1=CC2c3cc4c5ccccc5n(-c5cc(-c6nc(-c7ccccc7)nc(-c7ccccc7)n6)ccn5)c4cc3N(c3ccccc3)C2C=C1. The Hall–Kier alpha value is -6.66. The minimum Gasteiger partial charge on any atom is -0.333 e. The van der Waals surface area contributed by atoms with E-state index in [0.717, 1.165) is 33.5 Å². The fourth-order valence-corrected chi connectivity index (χ4v) is 7.55. The molecule has 2 unspecified atom stereocenters. The summed E-state index contributed by atoms with van der Waals surface area (Å²) in [5, 5.41) is 2.40. The van der Waals surface area contributed by atoms with E-state index in [1.165, 1.54) is 27.7 Å². The minimum absolute atomic E-state index is 0.214. The maximum atomic E-state index is 5.00. The Morgan fingerprint density at radius 3 is 1.84 bits per heavy atom. The Kier molecular flexibility index (Phi) is 6.52. The molecule has 0 fully saturated rings. The molecule has 0 N–H and O–H groups in total. The number of para-hydroxylation sites is 2. The van der Waals surface area contributed by atoms with Gasteiger partial charge in [-0.15, -0.1) is 0 Å². The van der Waals surface area contributed by atoms with Crippen LogP contribution in [0.15, 0.2) is 170 Å². The van der Waals surface area contributed by atoms with Gasteiger partial charge in [0.15, 0.2) is 17.5 Å². The van der Waals surface area contributed by atoms with E-state index < -0.39 is 0 Å². The summed E-state index contributed by atoms with van der Waals surface area (Å²) in [6.45, 7) is 0. The molecule has 3 aromatic heterocycles. The van der Waals surface area contributed by atoms with Crippen molar-refractivity contribution in [1.29, 1.82) is 0 Å². The standard InChI is InChI=1S/C44H30N6/c1-4-14-29(15-5-1)42-46-43(30-16-6-2-7-17-30)48-44(47-42)31-24-25-45-41(26-31)50-38-23-13-11-21-34(38)36-27-35-33-20-10-12-22-37(33)49(39(35)28-40(36)50)32-18-8-3-9-19-32/h1-28,33,37H. The lowest BCUT2D eigenvalue weighted by atomic mass is 9.90. The second-order valence-corrected chi connectivity index (χ2v) is 12.7. The van der Waals surface area contributed by atoms with E-state index in [2.05, 4.69) is 107 Å². The first-order valence-corrected chi connectivity index (χ1v) is 16.9. The third kappa shape index (κ3) is 4.57. The molecule has 50 heavy (non-hydrogen) atoms. The van der Waals surface area contributed by atoms with Gasteiger partial charge in [0, 0.05) is 51.0 Å². The van der Waals surface area contributed by atoms with Crippen LogP contribution in [0.5, 0.6) is 0 Å². The topological polar surface area (TPSA) is 59.7 Å². The van der Waals surface area contributed by atoms with Crippen molar-refractivity contribution in [2.45, 2.75) is 12.0 Å². The quantitative estimate of drug-likeness (QED) is 0.187. The highest BCUT2D eigenvalue weighted by molar-refractivity contribution is 6.11. The van der Waals surface area contributed by atoms with E-state index in [9.17, 15) is 0 Å². The number of hydrogen-bond acceptors (Lipinski definition) is 5. The normalized spacial score (nSPS) is 16.2. The molecule has 0 saturated carbocycles. The zero-order chi connectivity index (χ0) is 33.0. The molecule has 0 amide bonds. The molecule has 5 aromatic carbocycles. The van der Waals surface area contributed by atoms with Crippen LogP contribution in [0.3, 0.4) is 0 Å². The number of anilines is 2. The van der Waals surface area contributed by atoms with Crippen LogP contribution in [0.4, 0.5) is 11.4 Å². The summed E-state index contributed by atoms with van der Waals surface area (Å²) in [5.41, 5.74) is 8.68. The summed E-state index contributed by atoms with van der Waals surface area (Å²) in [6, 6.07) is 48.5. The second kappa shape index (κ2) is 11.5. The van der Waals surface area contributed by atoms with Gasteiger partial charge in [-0.25, -0.2) is 19.9 Å². The largest absolute Gasteiger partial charge is 0.333 e. The van der Waals surface area contributed by atoms with Crippen LogP contribution < -0.4 is 4.90 Å². The molecule has 6 nitrogen and oxygen atoms in total. The average molecular weight is 643 g/mol. The van der Waals surface area contributed by atoms with E-state index in [4.69, 9.17) is 19.9 Å². The number of allylic oxidation sites excluding steroid dienone is 2. The third-order valence-corrected chi connectivity index (χ3v) is 9.81. The summed E-state index contributed by atoms with van der Waals surface area (Å²) in [5.74, 6) is 2.93. The summed E-state index contributed by atoms with van der Waals surface area (Å²) in [7, 11) is 0. The lowest BCUT2D eigenvalue weighted by molar-refractivity contribution is 0.745. The number of rotatable bonds is 5. The van der Waals surface area contributed by atoms with Crippen molar-refractivity contribution < 1.29 is 0 Å². The second-order valence-electron chi connectivity index (χ2n) is 12.7. The molecular formula is C44H30N6. The summed E-state index contributed by atoms with van der Waals surface area (Å²) < 4.78 is 2.28. The number of benzene rings is 5. The van der Waals surface area contributed by atoms with Crippen LogP contribution >= 0.6 is 0 Å². The number of pyridine rings is 1. The van der Waals surface area contributed by atoms with Crippen molar-refractivity contribution in [3.8, 4) is 40.0 Å². The molecule has 1 aliphatic heterocycles. The van der Waals surface area contributed by atoms with Gasteiger partial charge >= 0.3 is 0 Å². The Morgan fingerprint density at radius 1 is 0.500 bits per heavy atom. The van der Waals surface area contributed by atoms with Gasteiger partial charge in [0.1, 0.15) is 5.82 Å². The van der Waals surface area contributed by atoms with Gasteiger partial charge in [0.05, 0.1) is 17.1 Å². The fraction of sp³-hybridized carbons (Fsp3) is 0.0455. The predicted octanol–water partition coefficient (Wildman–Crippen LogP) is 10.1. The fourth-order valence-electron chi connectivity index (χ4n) is 7.55. The van der Waals surface area contributed by atoms with Gasteiger partial charge in [-0.3, -0.25) is 4.57 Å². The number of fused-ring (bicyclic) bond motifs is 6. The molecule has 2 atom stereocenters. The van der Waals surface area contributed by atoms with Gasteiger partial charge in [0.2, 0.25) is 0 Å². The first kappa shape index (κ1) is 28.4. The predicted molar refractivity (Wildman–Crippen MR) is 202 cm³/mol. The molecule has 0 spiro atoms. The maximum absolute atomic E-state index is 5.00. The molecule has 4 heterocycles. The Labute approximate surface area is 289 Å². The molecule has 10 rings (SSSR count). The van der Waals surface area contributed by atoms with Crippen LogP contribution in [0.25, 0.3) is 61.8 Å². The number of hydrogen-bond donors (Lipinski definition) is 0. The summed E-state index contributed by atoms with van der Waals surface area (Å²) >= 11 is 0. The van der Waals surface area contributed by atoms with Crippen molar-refractivity contribution in [2.24, 2.45) is 0 Å². The van der Waals surface area contributed by atoms with Gasteiger partial charge < -0.3 is 4.90 Å². The monoisotopic (exact) mass is 642 g/mol. The average Bonchev–Trinajstić information content (AvgIpc) is 3.70. The Morgan fingerprint density at radius 2 is 1.12 bits per heavy atom. The minimum atomic E-state index is 0.214. The molecule has 236 valence electrons. The first-order valence-electron chi connectivity index (χ1n) is 16.9. The van der Waals surface area contributed by atoms with Gasteiger partial charge in [-0.1, -0.05) is 121 Å². The van der Waals surface area contributed by atoms with E-state index in [1.54, 1.807) is 0 Å². The van der Waals surface area contributed by atoms with Crippen molar-refractivity contribution in [3.63, 3.8) is 0 Å². The molecule has 0 radical (unpaired) electrons. The van der Waals surface area contributed by atoms with Crippen LogP contribution in [0.1, 0.15) is 11.5 Å². The lowest BCUT2D eigenvalue weighted by Crippen LogP contribution is -2.28. The van der Waals surface area contributed by atoms with Crippen LogP contribution in [0.2, 0.25) is 0 Å². The molecular weight excluding hydrogens is 613 g/mol. The Bertz CT molecular complexity index is 2550. The molecule has 0 saturated heterocycles. The van der Waals surface area contributed by atoms with Crippen molar-refractivity contribution >= 4 is 33.2 Å². The van der Waals surface area contributed by atoms with E-state index >= 15 is 0 Å². The van der Waals surface area contributed by atoms with E-state index in [1.807, 2.05) is 72.9 Å². The maximum Gasteiger partial charge on any atom is 0.164 e. The van der Waals surface area contributed by atoms with E-state index in [0.29, 0.717) is 17.5 Å². The van der Waals surface area contributed by atoms with Crippen LogP contribution in [-0.4, -0.2) is 30.5 Å². The zero-order valence-electron chi connectivity index (χ0n) is 27.0. The van der Waals surface area contributed by atoms with E-state index in [-0.39, 0.29) is 12.0 Å². The molecule has 0 bridgehead atoms. The summed E-state index contributed by atoms with van der Waals surface area (Å²) in [4.78, 5) is 22.3. The van der Waals surface area contributed by atoms with Crippen LogP contribution in [0, 0.1) is 0 Å². The summed E-state index contributed by atoms with van der Waals surface area (Å²) in [6.07, 6.45) is 10.9. The van der Waals surface area contributed by atoms with Gasteiger partial charge in [0.25, 0.3) is 0 Å². The van der Waals surface area contributed by atoms with Crippen molar-refractivity contribution in [1.82, 2.24) is 24.5 Å². The molecule has 8 aromatic rings. The Balaban J connectivity index is 1.18. The zero-order valence-corrected chi connectivity index (χ0v) is 27.0. The van der Waals surface area contributed by atoms with Gasteiger partial charge in [-0.2, -0.15) is 0 Å². The molecule has 2 aliphatic rings. The number of nitrogens with zero attached hydrogens (tertiary/aromatic N) is 6. The first-order chi connectivity index (χ1) is 24.8. The van der Waals surface area contributed by atoms with Crippen molar-refractivity contribution in [3.05, 3.63) is 176 Å². The van der Waals surface area contributed by atoms with Gasteiger partial charge in [-0.05, 0) is 48.0 Å². The molecule has 6 heteroatoms. The highest BCUT2D eigenvalue weighted by atomic mass is 15.2. The smallest absolute Gasteiger partial charge is 0.164 e. The van der Waals surface area contributed by atoms with Crippen molar-refractivity contribution in [2.75, 3.05) is 4.90 Å². The van der Waals surface area contributed by atoms with Crippen LogP contribution in [-0.2, 0) is 0 Å².